The fraction of sp³-hybridized carbons (Fsp3) is 0.364. The summed E-state index contributed by atoms with van der Waals surface area (Å²) < 4.78 is 0. The third-order valence-corrected chi connectivity index (χ3v) is 2.49. The zero-order chi connectivity index (χ0) is 9.42. The fourth-order valence-corrected chi connectivity index (χ4v) is 1.64. The molecule has 2 nitrogen and oxygen atoms in total. The van der Waals surface area contributed by atoms with Gasteiger partial charge in [-0.05, 0) is 37.3 Å². The van der Waals surface area contributed by atoms with Crippen LogP contribution >= 0.6 is 0 Å². The fourth-order valence-electron chi connectivity index (χ4n) is 1.64. The maximum atomic E-state index is 11.1. The number of amides is 1. The van der Waals surface area contributed by atoms with Crippen molar-refractivity contribution in [2.24, 2.45) is 5.73 Å². The summed E-state index contributed by atoms with van der Waals surface area (Å²) in [7, 11) is 0. The van der Waals surface area contributed by atoms with Gasteiger partial charge in [0, 0.05) is 5.56 Å². The lowest BCUT2D eigenvalue weighted by Crippen LogP contribution is -2.13. The van der Waals surface area contributed by atoms with Crippen molar-refractivity contribution in [1.82, 2.24) is 0 Å². The molecule has 0 spiro atoms. The van der Waals surface area contributed by atoms with Gasteiger partial charge in [-0.25, -0.2) is 0 Å². The second kappa shape index (κ2) is 2.87. The molecule has 0 unspecified atom stereocenters. The smallest absolute Gasteiger partial charge is 0.248 e. The molecule has 0 atom stereocenters. The molecule has 0 radical (unpaired) electrons. The van der Waals surface area contributed by atoms with Gasteiger partial charge in [-0.3, -0.25) is 4.79 Å². The zero-order valence-electron chi connectivity index (χ0n) is 7.71. The molecule has 1 amide bonds. The standard InChI is InChI=1S/C11H13NO/c1-7-2-5-9(11(12)13)10(6-7)8-3-4-8/h2,5-6,8H,3-4H2,1H3,(H2,12,13). The summed E-state index contributed by atoms with van der Waals surface area (Å²) in [5.41, 5.74) is 8.34. The Hall–Kier alpha value is -1.31. The van der Waals surface area contributed by atoms with Crippen molar-refractivity contribution in [3.63, 3.8) is 0 Å². The second-order valence-corrected chi connectivity index (χ2v) is 3.73. The van der Waals surface area contributed by atoms with Gasteiger partial charge in [-0.15, -0.1) is 0 Å². The van der Waals surface area contributed by atoms with Gasteiger partial charge in [0.15, 0.2) is 0 Å². The van der Waals surface area contributed by atoms with Crippen LogP contribution in [0.5, 0.6) is 0 Å². The Morgan fingerprint density at radius 2 is 2.15 bits per heavy atom. The number of nitrogens with two attached hydrogens (primary N) is 1. The molecule has 0 aromatic heterocycles. The molecule has 0 aliphatic heterocycles. The first kappa shape index (κ1) is 8.30. The lowest BCUT2D eigenvalue weighted by atomic mass is 10.0. The van der Waals surface area contributed by atoms with E-state index < -0.39 is 0 Å². The van der Waals surface area contributed by atoms with Crippen molar-refractivity contribution in [3.05, 3.63) is 34.9 Å². The van der Waals surface area contributed by atoms with E-state index in [4.69, 9.17) is 5.73 Å². The van der Waals surface area contributed by atoms with Gasteiger partial charge in [-0.1, -0.05) is 17.7 Å². The van der Waals surface area contributed by atoms with Crippen LogP contribution in [0.4, 0.5) is 0 Å². The van der Waals surface area contributed by atoms with E-state index in [1.165, 1.54) is 18.4 Å². The molecule has 13 heavy (non-hydrogen) atoms. The Morgan fingerprint density at radius 1 is 1.46 bits per heavy atom. The van der Waals surface area contributed by atoms with Crippen LogP contribution in [0.3, 0.4) is 0 Å². The third-order valence-electron chi connectivity index (χ3n) is 2.49. The molecular weight excluding hydrogens is 162 g/mol. The minimum Gasteiger partial charge on any atom is -0.366 e. The molecule has 0 saturated heterocycles. The van der Waals surface area contributed by atoms with Crippen LogP contribution in [0.15, 0.2) is 18.2 Å². The normalized spacial score (nSPS) is 15.8. The lowest BCUT2D eigenvalue weighted by Gasteiger charge is -2.05. The van der Waals surface area contributed by atoms with Crippen molar-refractivity contribution in [2.75, 3.05) is 0 Å². The van der Waals surface area contributed by atoms with Crippen LogP contribution < -0.4 is 5.73 Å². The van der Waals surface area contributed by atoms with E-state index in [0.717, 1.165) is 5.56 Å². The summed E-state index contributed by atoms with van der Waals surface area (Å²) in [5, 5.41) is 0. The highest BCUT2D eigenvalue weighted by atomic mass is 16.1. The van der Waals surface area contributed by atoms with E-state index >= 15 is 0 Å². The number of benzene rings is 1. The average molecular weight is 175 g/mol. The van der Waals surface area contributed by atoms with Crippen molar-refractivity contribution >= 4 is 5.91 Å². The van der Waals surface area contributed by atoms with Crippen LogP contribution in [-0.2, 0) is 0 Å². The van der Waals surface area contributed by atoms with Gasteiger partial charge in [0.05, 0.1) is 0 Å². The van der Waals surface area contributed by atoms with E-state index in [-0.39, 0.29) is 5.91 Å². The largest absolute Gasteiger partial charge is 0.366 e. The molecule has 2 N–H and O–H groups in total. The predicted octanol–water partition coefficient (Wildman–Crippen LogP) is 1.97. The maximum absolute atomic E-state index is 11.1. The van der Waals surface area contributed by atoms with Gasteiger partial charge in [-0.2, -0.15) is 0 Å². The quantitative estimate of drug-likeness (QED) is 0.733. The maximum Gasteiger partial charge on any atom is 0.248 e. The number of aryl methyl sites for hydroxylation is 1. The Balaban J connectivity index is 2.47. The summed E-state index contributed by atoms with van der Waals surface area (Å²) in [5.74, 6) is 0.282. The molecule has 68 valence electrons. The summed E-state index contributed by atoms with van der Waals surface area (Å²) in [6, 6.07) is 5.86. The van der Waals surface area contributed by atoms with E-state index in [0.29, 0.717) is 11.5 Å². The Labute approximate surface area is 77.8 Å². The van der Waals surface area contributed by atoms with Gasteiger partial charge in [0.2, 0.25) is 5.91 Å². The Morgan fingerprint density at radius 3 is 2.69 bits per heavy atom. The average Bonchev–Trinajstić information content (AvgIpc) is 2.85. The number of carbonyl (C=O) groups is 1. The number of rotatable bonds is 2. The highest BCUT2D eigenvalue weighted by molar-refractivity contribution is 5.94. The second-order valence-electron chi connectivity index (χ2n) is 3.73. The molecule has 1 aliphatic rings. The van der Waals surface area contributed by atoms with Gasteiger partial charge < -0.3 is 5.73 Å². The molecule has 2 heteroatoms. The van der Waals surface area contributed by atoms with E-state index in [1.807, 2.05) is 19.1 Å². The highest BCUT2D eigenvalue weighted by Crippen LogP contribution is 2.41. The number of primary amides is 1. The predicted molar refractivity (Wildman–Crippen MR) is 51.7 cm³/mol. The summed E-state index contributed by atoms with van der Waals surface area (Å²) in [6.45, 7) is 2.04. The Bertz CT molecular complexity index is 353. The van der Waals surface area contributed by atoms with Crippen LogP contribution in [0.25, 0.3) is 0 Å². The van der Waals surface area contributed by atoms with Crippen molar-refractivity contribution in [3.8, 4) is 0 Å². The van der Waals surface area contributed by atoms with Crippen LogP contribution in [0, 0.1) is 6.92 Å². The summed E-state index contributed by atoms with van der Waals surface area (Å²) >= 11 is 0. The molecule has 1 fully saturated rings. The topological polar surface area (TPSA) is 43.1 Å². The van der Waals surface area contributed by atoms with Crippen molar-refractivity contribution in [2.45, 2.75) is 25.7 Å². The highest BCUT2D eigenvalue weighted by Gasteiger charge is 2.27. The number of hydrogen-bond donors (Lipinski definition) is 1. The first-order valence-corrected chi connectivity index (χ1v) is 4.59. The van der Waals surface area contributed by atoms with Gasteiger partial charge in [0.1, 0.15) is 0 Å². The van der Waals surface area contributed by atoms with E-state index in [1.54, 1.807) is 0 Å². The monoisotopic (exact) mass is 175 g/mol. The van der Waals surface area contributed by atoms with Crippen LogP contribution in [-0.4, -0.2) is 5.91 Å². The number of carbonyl (C=O) groups excluding carboxylic acids is 1. The number of hydrogen-bond acceptors (Lipinski definition) is 1. The molecule has 1 aromatic carbocycles. The summed E-state index contributed by atoms with van der Waals surface area (Å²) in [4.78, 5) is 11.1. The Kier molecular flexibility index (Phi) is 1.83. The van der Waals surface area contributed by atoms with Gasteiger partial charge >= 0.3 is 0 Å². The minimum absolute atomic E-state index is 0.304. The molecule has 1 aliphatic carbocycles. The van der Waals surface area contributed by atoms with Crippen LogP contribution in [0.2, 0.25) is 0 Å². The molecule has 0 heterocycles. The molecule has 2 rings (SSSR count). The first-order chi connectivity index (χ1) is 6.18. The van der Waals surface area contributed by atoms with Gasteiger partial charge in [0.25, 0.3) is 0 Å². The minimum atomic E-state index is -0.304. The van der Waals surface area contributed by atoms with Crippen LogP contribution in [0.1, 0.15) is 40.2 Å². The van der Waals surface area contributed by atoms with E-state index in [2.05, 4.69) is 6.07 Å². The van der Waals surface area contributed by atoms with E-state index in [9.17, 15) is 4.79 Å². The zero-order valence-corrected chi connectivity index (χ0v) is 7.71. The molecule has 1 saturated carbocycles. The SMILES string of the molecule is Cc1ccc(C(N)=O)c(C2CC2)c1. The third kappa shape index (κ3) is 1.57. The summed E-state index contributed by atoms with van der Waals surface area (Å²) in [6.07, 6.45) is 2.40. The first-order valence-electron chi connectivity index (χ1n) is 4.59. The van der Waals surface area contributed by atoms with Crippen molar-refractivity contribution < 1.29 is 4.79 Å². The molecule has 1 aromatic rings. The molecular formula is C11H13NO. The lowest BCUT2D eigenvalue weighted by molar-refractivity contribution is 0.0999. The van der Waals surface area contributed by atoms with Crippen molar-refractivity contribution in [1.29, 1.82) is 0 Å². The molecule has 0 bridgehead atoms.